The fourth-order valence-corrected chi connectivity index (χ4v) is 2.47. The molecule has 2 aliphatic rings. The Morgan fingerprint density at radius 1 is 1.11 bits per heavy atom. The van der Waals surface area contributed by atoms with Gasteiger partial charge in [-0.3, -0.25) is 0 Å². The molecule has 2 unspecified atom stereocenters. The third-order valence-corrected chi connectivity index (χ3v) is 3.73. The molecule has 2 fully saturated rings. The Hall–Kier alpha value is -1.09. The van der Waals surface area contributed by atoms with E-state index in [-0.39, 0.29) is 6.04 Å². The Balaban J connectivity index is 1.63. The molecule has 1 saturated carbocycles. The first-order valence-electron chi connectivity index (χ1n) is 6.97. The minimum absolute atomic E-state index is 0.0195. The highest BCUT2D eigenvalue weighted by atomic mass is 19.1. The molecule has 1 N–H and O–H groups in total. The van der Waals surface area contributed by atoms with Crippen molar-refractivity contribution >= 4 is 0 Å². The first kappa shape index (κ1) is 12.0. The molecule has 1 aliphatic carbocycles. The van der Waals surface area contributed by atoms with E-state index in [0.717, 1.165) is 50.0 Å². The summed E-state index contributed by atoms with van der Waals surface area (Å²) >= 11 is 0. The van der Waals surface area contributed by atoms with Gasteiger partial charge < -0.3 is 10.1 Å². The molecule has 1 saturated heterocycles. The normalized spacial score (nSPS) is 25.7. The van der Waals surface area contributed by atoms with Crippen LogP contribution in [-0.2, 0) is 0 Å². The van der Waals surface area contributed by atoms with Gasteiger partial charge in [-0.25, -0.2) is 4.39 Å². The van der Waals surface area contributed by atoms with Crippen molar-refractivity contribution in [1.82, 2.24) is 5.32 Å². The Morgan fingerprint density at radius 2 is 1.89 bits per heavy atom. The van der Waals surface area contributed by atoms with Crippen molar-refractivity contribution in [3.63, 3.8) is 0 Å². The topological polar surface area (TPSA) is 21.3 Å². The molecule has 2 atom stereocenters. The first-order chi connectivity index (χ1) is 8.83. The summed E-state index contributed by atoms with van der Waals surface area (Å²) in [6.45, 7) is 0.938. The SMILES string of the molecule is FC(c1ccc(OC2CC2)cc1)C1CCCCN1. The van der Waals surface area contributed by atoms with Gasteiger partial charge in [0.1, 0.15) is 11.9 Å². The van der Waals surface area contributed by atoms with Gasteiger partial charge in [0.2, 0.25) is 0 Å². The standard InChI is InChI=1S/C15H20FNO/c16-15(14-3-1-2-10-17-14)11-4-6-12(7-5-11)18-13-8-9-13/h4-7,13-15,17H,1-3,8-10H2. The molecule has 0 radical (unpaired) electrons. The molecular weight excluding hydrogens is 229 g/mol. The average molecular weight is 249 g/mol. The summed E-state index contributed by atoms with van der Waals surface area (Å²) in [5.74, 6) is 0.866. The highest BCUT2D eigenvalue weighted by Crippen LogP contribution is 2.30. The number of hydrogen-bond donors (Lipinski definition) is 1. The van der Waals surface area contributed by atoms with Crippen molar-refractivity contribution in [3.8, 4) is 5.75 Å². The van der Waals surface area contributed by atoms with E-state index in [2.05, 4.69) is 5.32 Å². The van der Waals surface area contributed by atoms with Crippen molar-refractivity contribution in [3.05, 3.63) is 29.8 Å². The number of ether oxygens (including phenoxy) is 1. The van der Waals surface area contributed by atoms with E-state index in [0.29, 0.717) is 6.10 Å². The van der Waals surface area contributed by atoms with Crippen LogP contribution in [-0.4, -0.2) is 18.7 Å². The van der Waals surface area contributed by atoms with Crippen molar-refractivity contribution < 1.29 is 9.13 Å². The highest BCUT2D eigenvalue weighted by Gasteiger charge is 2.25. The Morgan fingerprint density at radius 3 is 2.50 bits per heavy atom. The summed E-state index contributed by atoms with van der Waals surface area (Å²) in [6, 6.07) is 7.48. The summed E-state index contributed by atoms with van der Waals surface area (Å²) in [4.78, 5) is 0. The van der Waals surface area contributed by atoms with Gasteiger partial charge in [-0.2, -0.15) is 0 Å². The highest BCUT2D eigenvalue weighted by molar-refractivity contribution is 5.29. The summed E-state index contributed by atoms with van der Waals surface area (Å²) in [6.07, 6.45) is 5.02. The smallest absolute Gasteiger partial charge is 0.140 e. The van der Waals surface area contributed by atoms with E-state index in [1.165, 1.54) is 0 Å². The third-order valence-electron chi connectivity index (χ3n) is 3.73. The van der Waals surface area contributed by atoms with Crippen LogP contribution in [0.5, 0.6) is 5.75 Å². The lowest BCUT2D eigenvalue weighted by molar-refractivity contribution is 0.221. The van der Waals surface area contributed by atoms with Gasteiger partial charge in [0, 0.05) is 6.04 Å². The van der Waals surface area contributed by atoms with Gasteiger partial charge >= 0.3 is 0 Å². The van der Waals surface area contributed by atoms with Crippen LogP contribution >= 0.6 is 0 Å². The summed E-state index contributed by atoms with van der Waals surface area (Å²) < 4.78 is 20.0. The van der Waals surface area contributed by atoms with E-state index in [4.69, 9.17) is 4.74 Å². The zero-order valence-electron chi connectivity index (χ0n) is 10.6. The van der Waals surface area contributed by atoms with E-state index < -0.39 is 6.17 Å². The molecule has 0 bridgehead atoms. The average Bonchev–Trinajstić information content (AvgIpc) is 3.24. The van der Waals surface area contributed by atoms with Crippen LogP contribution in [0.2, 0.25) is 0 Å². The Labute approximate surface area is 108 Å². The summed E-state index contributed by atoms with van der Waals surface area (Å²) in [5.41, 5.74) is 0.762. The number of alkyl halides is 1. The molecule has 3 heteroatoms. The van der Waals surface area contributed by atoms with Crippen LogP contribution in [0, 0.1) is 0 Å². The second kappa shape index (κ2) is 5.27. The van der Waals surface area contributed by atoms with Crippen molar-refractivity contribution in [2.45, 2.75) is 50.4 Å². The van der Waals surface area contributed by atoms with Crippen LogP contribution < -0.4 is 10.1 Å². The molecular formula is C15H20FNO. The van der Waals surface area contributed by atoms with Crippen molar-refractivity contribution in [2.24, 2.45) is 0 Å². The van der Waals surface area contributed by atoms with Crippen LogP contribution in [0.1, 0.15) is 43.8 Å². The van der Waals surface area contributed by atoms with Crippen LogP contribution in [0.3, 0.4) is 0 Å². The molecule has 3 rings (SSSR count). The largest absolute Gasteiger partial charge is 0.490 e. The van der Waals surface area contributed by atoms with Gasteiger partial charge in [0.15, 0.2) is 0 Å². The fourth-order valence-electron chi connectivity index (χ4n) is 2.47. The molecule has 1 heterocycles. The maximum Gasteiger partial charge on any atom is 0.140 e. The van der Waals surface area contributed by atoms with Crippen LogP contribution in [0.25, 0.3) is 0 Å². The fraction of sp³-hybridized carbons (Fsp3) is 0.600. The number of nitrogens with one attached hydrogen (secondary N) is 1. The predicted octanol–water partition coefficient (Wildman–Crippen LogP) is 3.38. The van der Waals surface area contributed by atoms with Crippen LogP contribution in [0.4, 0.5) is 4.39 Å². The molecule has 0 aromatic heterocycles. The zero-order chi connectivity index (χ0) is 12.4. The van der Waals surface area contributed by atoms with E-state index in [1.807, 2.05) is 24.3 Å². The maximum atomic E-state index is 14.3. The summed E-state index contributed by atoms with van der Waals surface area (Å²) in [7, 11) is 0. The number of benzene rings is 1. The van der Waals surface area contributed by atoms with Gasteiger partial charge in [0.05, 0.1) is 6.10 Å². The van der Waals surface area contributed by atoms with Crippen molar-refractivity contribution in [2.75, 3.05) is 6.54 Å². The molecule has 1 aliphatic heterocycles. The second-order valence-electron chi connectivity index (χ2n) is 5.34. The second-order valence-corrected chi connectivity index (χ2v) is 5.34. The zero-order valence-corrected chi connectivity index (χ0v) is 10.6. The number of hydrogen-bond acceptors (Lipinski definition) is 2. The lowest BCUT2D eigenvalue weighted by Gasteiger charge is -2.26. The lowest BCUT2D eigenvalue weighted by atomic mass is 9.96. The van der Waals surface area contributed by atoms with Gasteiger partial charge in [-0.05, 0) is 49.9 Å². The number of piperidine rings is 1. The number of halogens is 1. The lowest BCUT2D eigenvalue weighted by Crippen LogP contribution is -2.37. The first-order valence-corrected chi connectivity index (χ1v) is 6.97. The van der Waals surface area contributed by atoms with E-state index in [1.54, 1.807) is 0 Å². The van der Waals surface area contributed by atoms with Crippen molar-refractivity contribution in [1.29, 1.82) is 0 Å². The predicted molar refractivity (Wildman–Crippen MR) is 69.6 cm³/mol. The molecule has 1 aromatic carbocycles. The molecule has 2 nitrogen and oxygen atoms in total. The number of rotatable bonds is 4. The van der Waals surface area contributed by atoms with Gasteiger partial charge in [-0.1, -0.05) is 18.6 Å². The van der Waals surface area contributed by atoms with E-state index >= 15 is 0 Å². The minimum Gasteiger partial charge on any atom is -0.490 e. The molecule has 98 valence electrons. The van der Waals surface area contributed by atoms with Crippen LogP contribution in [0.15, 0.2) is 24.3 Å². The maximum absolute atomic E-state index is 14.3. The molecule has 0 amide bonds. The van der Waals surface area contributed by atoms with E-state index in [9.17, 15) is 4.39 Å². The quantitative estimate of drug-likeness (QED) is 0.883. The molecule has 1 aromatic rings. The monoisotopic (exact) mass is 249 g/mol. The summed E-state index contributed by atoms with van der Waals surface area (Å²) in [5, 5.41) is 3.27. The Bertz CT molecular complexity index is 382. The molecule has 18 heavy (non-hydrogen) atoms. The molecule has 0 spiro atoms. The Kier molecular flexibility index (Phi) is 3.50. The third kappa shape index (κ3) is 2.83. The van der Waals surface area contributed by atoms with Gasteiger partial charge in [-0.15, -0.1) is 0 Å². The minimum atomic E-state index is -0.903. The van der Waals surface area contributed by atoms with Gasteiger partial charge in [0.25, 0.3) is 0 Å².